The topological polar surface area (TPSA) is 57.6 Å². The highest BCUT2D eigenvalue weighted by atomic mass is 16.4. The molecule has 1 aromatic carbocycles. The van der Waals surface area contributed by atoms with Crippen LogP contribution in [0.15, 0.2) is 24.3 Å². The average molecular weight is 233 g/mol. The summed E-state index contributed by atoms with van der Waals surface area (Å²) in [4.78, 5) is 24.4. The second kappa shape index (κ2) is 4.20. The van der Waals surface area contributed by atoms with Gasteiger partial charge in [-0.3, -0.25) is 4.79 Å². The van der Waals surface area contributed by atoms with Crippen molar-refractivity contribution in [2.75, 3.05) is 7.05 Å². The Bertz CT molecular complexity index is 469. The van der Waals surface area contributed by atoms with Gasteiger partial charge in [0.05, 0.1) is 5.92 Å². The number of likely N-dealkylation sites (N-methyl/N-ethyl adjacent to an activating group) is 1. The minimum atomic E-state index is -0.933. The number of carbonyl (C=O) groups is 2. The molecule has 0 aliphatic carbocycles. The van der Waals surface area contributed by atoms with Crippen LogP contribution in [-0.2, 0) is 9.59 Å². The Kier molecular flexibility index (Phi) is 2.88. The summed E-state index contributed by atoms with van der Waals surface area (Å²) >= 11 is 0. The number of hydrogen-bond donors (Lipinski definition) is 1. The predicted octanol–water partition coefficient (Wildman–Crippen LogP) is 1.39. The lowest BCUT2D eigenvalue weighted by Crippen LogP contribution is -2.35. The zero-order valence-corrected chi connectivity index (χ0v) is 9.88. The molecule has 0 bridgehead atoms. The van der Waals surface area contributed by atoms with Crippen molar-refractivity contribution in [2.24, 2.45) is 0 Å². The van der Waals surface area contributed by atoms with E-state index in [4.69, 9.17) is 5.11 Å². The van der Waals surface area contributed by atoms with E-state index in [1.54, 1.807) is 7.05 Å². The standard InChI is InChI=1S/C13H15NO3/c1-8-5-3-4-6-9(8)10-7-11(13(16)17)14(2)12(10)15/h3-6,10-11H,7H2,1-2H3,(H,16,17). The number of rotatable bonds is 2. The molecule has 1 N–H and O–H groups in total. The molecule has 2 atom stereocenters. The van der Waals surface area contributed by atoms with Crippen LogP contribution in [0.4, 0.5) is 0 Å². The van der Waals surface area contributed by atoms with Gasteiger partial charge in [0.1, 0.15) is 6.04 Å². The second-order valence-corrected chi connectivity index (χ2v) is 4.45. The maximum atomic E-state index is 12.0. The zero-order chi connectivity index (χ0) is 12.6. The van der Waals surface area contributed by atoms with E-state index in [0.29, 0.717) is 6.42 Å². The largest absolute Gasteiger partial charge is 0.480 e. The molecule has 2 rings (SSSR count). The van der Waals surface area contributed by atoms with Gasteiger partial charge >= 0.3 is 5.97 Å². The molecule has 1 saturated heterocycles. The number of carboxylic acid groups (broad SMARTS) is 1. The van der Waals surface area contributed by atoms with Crippen molar-refractivity contribution >= 4 is 11.9 Å². The molecule has 0 spiro atoms. The highest BCUT2D eigenvalue weighted by Crippen LogP contribution is 2.33. The van der Waals surface area contributed by atoms with Gasteiger partial charge in [-0.15, -0.1) is 0 Å². The van der Waals surface area contributed by atoms with E-state index in [0.717, 1.165) is 11.1 Å². The smallest absolute Gasteiger partial charge is 0.326 e. The van der Waals surface area contributed by atoms with E-state index in [2.05, 4.69) is 0 Å². The number of likely N-dealkylation sites (tertiary alicyclic amines) is 1. The van der Waals surface area contributed by atoms with Gasteiger partial charge in [-0.2, -0.15) is 0 Å². The fourth-order valence-corrected chi connectivity index (χ4v) is 2.39. The monoisotopic (exact) mass is 233 g/mol. The molecule has 1 aliphatic heterocycles. The number of amides is 1. The van der Waals surface area contributed by atoms with Crippen LogP contribution in [0.5, 0.6) is 0 Å². The van der Waals surface area contributed by atoms with E-state index < -0.39 is 12.0 Å². The minimum Gasteiger partial charge on any atom is -0.480 e. The molecule has 4 heteroatoms. The van der Waals surface area contributed by atoms with E-state index in [9.17, 15) is 9.59 Å². The molecule has 2 unspecified atom stereocenters. The molecule has 1 amide bonds. The van der Waals surface area contributed by atoms with Crippen molar-refractivity contribution in [2.45, 2.75) is 25.3 Å². The van der Waals surface area contributed by atoms with Crippen LogP contribution in [0.25, 0.3) is 0 Å². The Morgan fingerprint density at radius 1 is 1.41 bits per heavy atom. The van der Waals surface area contributed by atoms with Crippen LogP contribution in [0, 0.1) is 6.92 Å². The molecular formula is C13H15NO3. The normalized spacial score (nSPS) is 24.1. The first-order valence-corrected chi connectivity index (χ1v) is 5.57. The van der Waals surface area contributed by atoms with Crippen molar-refractivity contribution in [1.82, 2.24) is 4.90 Å². The lowest BCUT2D eigenvalue weighted by Gasteiger charge is -2.14. The number of aryl methyl sites for hydroxylation is 1. The summed E-state index contributed by atoms with van der Waals surface area (Å²) in [5.41, 5.74) is 1.97. The number of aliphatic carboxylic acids is 1. The van der Waals surface area contributed by atoms with Crippen LogP contribution in [-0.4, -0.2) is 35.0 Å². The first kappa shape index (κ1) is 11.6. The first-order chi connectivity index (χ1) is 8.02. The highest BCUT2D eigenvalue weighted by molar-refractivity contribution is 5.92. The third-order valence-corrected chi connectivity index (χ3v) is 3.42. The quantitative estimate of drug-likeness (QED) is 0.839. The summed E-state index contributed by atoms with van der Waals surface area (Å²) in [6.07, 6.45) is 0.357. The van der Waals surface area contributed by atoms with Crippen LogP contribution in [0.2, 0.25) is 0 Å². The molecule has 90 valence electrons. The molecule has 1 heterocycles. The molecule has 0 radical (unpaired) electrons. The molecule has 1 aromatic rings. The van der Waals surface area contributed by atoms with Gasteiger partial charge in [0.15, 0.2) is 0 Å². The van der Waals surface area contributed by atoms with Crippen molar-refractivity contribution in [3.8, 4) is 0 Å². The van der Waals surface area contributed by atoms with E-state index >= 15 is 0 Å². The number of carbonyl (C=O) groups excluding carboxylic acids is 1. The van der Waals surface area contributed by atoms with E-state index in [-0.39, 0.29) is 11.8 Å². The third kappa shape index (κ3) is 1.90. The Morgan fingerprint density at radius 2 is 2.06 bits per heavy atom. The fraction of sp³-hybridized carbons (Fsp3) is 0.385. The van der Waals surface area contributed by atoms with Crippen molar-refractivity contribution in [3.05, 3.63) is 35.4 Å². The lowest BCUT2D eigenvalue weighted by molar-refractivity contribution is -0.145. The summed E-state index contributed by atoms with van der Waals surface area (Å²) in [7, 11) is 1.55. The van der Waals surface area contributed by atoms with Gasteiger partial charge in [-0.25, -0.2) is 4.79 Å². The summed E-state index contributed by atoms with van der Waals surface area (Å²) in [6.45, 7) is 1.94. The number of carboxylic acids is 1. The van der Waals surface area contributed by atoms with Crippen LogP contribution < -0.4 is 0 Å². The molecule has 1 aliphatic rings. The Morgan fingerprint density at radius 3 is 2.59 bits per heavy atom. The van der Waals surface area contributed by atoms with Gasteiger partial charge in [0.2, 0.25) is 5.91 Å². The third-order valence-electron chi connectivity index (χ3n) is 3.42. The maximum absolute atomic E-state index is 12.0. The number of hydrogen-bond acceptors (Lipinski definition) is 2. The Balaban J connectivity index is 2.33. The predicted molar refractivity (Wildman–Crippen MR) is 62.7 cm³/mol. The van der Waals surface area contributed by atoms with Crippen molar-refractivity contribution in [3.63, 3.8) is 0 Å². The van der Waals surface area contributed by atoms with Gasteiger partial charge in [0, 0.05) is 7.05 Å². The molecule has 17 heavy (non-hydrogen) atoms. The van der Waals surface area contributed by atoms with Gasteiger partial charge < -0.3 is 10.0 Å². The van der Waals surface area contributed by atoms with Crippen LogP contribution >= 0.6 is 0 Å². The number of benzene rings is 1. The van der Waals surface area contributed by atoms with E-state index in [1.807, 2.05) is 31.2 Å². The molecule has 4 nitrogen and oxygen atoms in total. The van der Waals surface area contributed by atoms with Gasteiger partial charge in [-0.1, -0.05) is 24.3 Å². The highest BCUT2D eigenvalue weighted by Gasteiger charge is 2.42. The SMILES string of the molecule is Cc1ccccc1C1CC(C(=O)O)N(C)C1=O. The van der Waals surface area contributed by atoms with E-state index in [1.165, 1.54) is 4.90 Å². The van der Waals surface area contributed by atoms with Crippen molar-refractivity contribution in [1.29, 1.82) is 0 Å². The van der Waals surface area contributed by atoms with Gasteiger partial charge in [0.25, 0.3) is 0 Å². The summed E-state index contributed by atoms with van der Waals surface area (Å²) < 4.78 is 0. The van der Waals surface area contributed by atoms with Crippen molar-refractivity contribution < 1.29 is 14.7 Å². The van der Waals surface area contributed by atoms with Gasteiger partial charge in [-0.05, 0) is 24.5 Å². The Labute approximate surface area is 99.9 Å². The first-order valence-electron chi connectivity index (χ1n) is 5.57. The van der Waals surface area contributed by atoms with Crippen LogP contribution in [0.3, 0.4) is 0 Å². The Hall–Kier alpha value is -1.84. The maximum Gasteiger partial charge on any atom is 0.326 e. The molecule has 1 fully saturated rings. The summed E-state index contributed by atoms with van der Waals surface area (Å²) in [6, 6.07) is 6.93. The molecular weight excluding hydrogens is 218 g/mol. The summed E-state index contributed by atoms with van der Waals surface area (Å²) in [5.74, 6) is -1.36. The zero-order valence-electron chi connectivity index (χ0n) is 9.88. The number of nitrogens with zero attached hydrogens (tertiary/aromatic N) is 1. The second-order valence-electron chi connectivity index (χ2n) is 4.45. The molecule has 0 saturated carbocycles. The lowest BCUT2D eigenvalue weighted by atomic mass is 9.92. The molecule has 0 aromatic heterocycles. The fourth-order valence-electron chi connectivity index (χ4n) is 2.39. The summed E-state index contributed by atoms with van der Waals surface area (Å²) in [5, 5.41) is 9.04. The van der Waals surface area contributed by atoms with Crippen LogP contribution in [0.1, 0.15) is 23.5 Å². The average Bonchev–Trinajstić information content (AvgIpc) is 2.57. The minimum absolute atomic E-state index is 0.105.